The van der Waals surface area contributed by atoms with Crippen LogP contribution in [0.15, 0.2) is 24.4 Å². The van der Waals surface area contributed by atoms with Gasteiger partial charge in [-0.1, -0.05) is 18.6 Å². The van der Waals surface area contributed by atoms with Gasteiger partial charge in [-0.15, -0.1) is 11.3 Å². The van der Waals surface area contributed by atoms with Crippen molar-refractivity contribution in [2.45, 2.75) is 26.8 Å². The van der Waals surface area contributed by atoms with Crippen molar-refractivity contribution in [3.63, 3.8) is 0 Å². The SMILES string of the molecule is CCCNCc1cnc(-c2cc(C)ccc2F)s1. The molecule has 0 radical (unpaired) electrons. The van der Waals surface area contributed by atoms with Gasteiger partial charge in [-0.3, -0.25) is 0 Å². The summed E-state index contributed by atoms with van der Waals surface area (Å²) in [5.74, 6) is -0.206. The Hall–Kier alpha value is -1.26. The van der Waals surface area contributed by atoms with E-state index in [1.807, 2.05) is 19.2 Å². The first-order valence-electron chi connectivity index (χ1n) is 6.12. The minimum atomic E-state index is -0.206. The second kappa shape index (κ2) is 6.07. The van der Waals surface area contributed by atoms with Crippen LogP contribution in [0.5, 0.6) is 0 Å². The smallest absolute Gasteiger partial charge is 0.133 e. The van der Waals surface area contributed by atoms with Gasteiger partial charge in [-0.2, -0.15) is 0 Å². The van der Waals surface area contributed by atoms with E-state index in [0.29, 0.717) is 5.56 Å². The van der Waals surface area contributed by atoms with Gasteiger partial charge in [0.15, 0.2) is 0 Å². The molecule has 0 bridgehead atoms. The van der Waals surface area contributed by atoms with Crippen LogP contribution >= 0.6 is 11.3 Å². The van der Waals surface area contributed by atoms with Crippen LogP contribution < -0.4 is 5.32 Å². The number of nitrogens with one attached hydrogen (secondary N) is 1. The van der Waals surface area contributed by atoms with Crippen molar-refractivity contribution in [3.8, 4) is 10.6 Å². The van der Waals surface area contributed by atoms with Crippen LogP contribution in [0, 0.1) is 12.7 Å². The van der Waals surface area contributed by atoms with Crippen molar-refractivity contribution in [1.82, 2.24) is 10.3 Å². The average molecular weight is 264 g/mol. The quantitative estimate of drug-likeness (QED) is 0.832. The summed E-state index contributed by atoms with van der Waals surface area (Å²) >= 11 is 1.55. The molecule has 18 heavy (non-hydrogen) atoms. The van der Waals surface area contributed by atoms with Crippen molar-refractivity contribution >= 4 is 11.3 Å². The monoisotopic (exact) mass is 264 g/mol. The van der Waals surface area contributed by atoms with Gasteiger partial charge in [0.2, 0.25) is 0 Å². The molecule has 0 spiro atoms. The number of benzene rings is 1. The van der Waals surface area contributed by atoms with Crippen LogP contribution in [0.1, 0.15) is 23.8 Å². The van der Waals surface area contributed by atoms with Crippen molar-refractivity contribution in [2.75, 3.05) is 6.54 Å². The van der Waals surface area contributed by atoms with Gasteiger partial charge in [-0.25, -0.2) is 9.37 Å². The Bertz CT molecular complexity index is 522. The summed E-state index contributed by atoms with van der Waals surface area (Å²) < 4.78 is 13.7. The fraction of sp³-hybridized carbons (Fsp3) is 0.357. The summed E-state index contributed by atoms with van der Waals surface area (Å²) in [4.78, 5) is 5.44. The maximum absolute atomic E-state index is 13.7. The molecule has 0 amide bonds. The molecule has 1 N–H and O–H groups in total. The van der Waals surface area contributed by atoms with Crippen LogP contribution in [0.25, 0.3) is 10.6 Å². The lowest BCUT2D eigenvalue weighted by Gasteiger charge is -2.00. The normalized spacial score (nSPS) is 10.8. The first-order valence-corrected chi connectivity index (χ1v) is 6.94. The summed E-state index contributed by atoms with van der Waals surface area (Å²) in [7, 11) is 0. The molecule has 2 nitrogen and oxygen atoms in total. The lowest BCUT2D eigenvalue weighted by Crippen LogP contribution is -2.12. The van der Waals surface area contributed by atoms with E-state index in [1.54, 1.807) is 17.4 Å². The van der Waals surface area contributed by atoms with E-state index in [4.69, 9.17) is 0 Å². The molecular weight excluding hydrogens is 247 g/mol. The molecule has 1 aromatic carbocycles. The Balaban J connectivity index is 2.16. The molecule has 2 rings (SSSR count). The summed E-state index contributed by atoms with van der Waals surface area (Å²) in [6.07, 6.45) is 2.93. The van der Waals surface area contributed by atoms with Crippen LogP contribution in [-0.2, 0) is 6.54 Å². The van der Waals surface area contributed by atoms with Gasteiger partial charge in [-0.05, 0) is 32.0 Å². The molecular formula is C14H17FN2S. The standard InChI is InChI=1S/C14H17FN2S/c1-3-6-16-8-11-9-17-14(18-11)12-7-10(2)4-5-13(12)15/h4-5,7,9,16H,3,6,8H2,1-2H3. The van der Waals surface area contributed by atoms with E-state index in [9.17, 15) is 4.39 Å². The number of halogens is 1. The van der Waals surface area contributed by atoms with Crippen molar-refractivity contribution in [1.29, 1.82) is 0 Å². The number of rotatable bonds is 5. The van der Waals surface area contributed by atoms with Gasteiger partial charge in [0, 0.05) is 23.2 Å². The van der Waals surface area contributed by atoms with Crippen LogP contribution in [0.4, 0.5) is 4.39 Å². The number of hydrogen-bond donors (Lipinski definition) is 1. The predicted octanol–water partition coefficient (Wildman–Crippen LogP) is 3.76. The van der Waals surface area contributed by atoms with E-state index in [-0.39, 0.29) is 5.82 Å². The van der Waals surface area contributed by atoms with Gasteiger partial charge in [0.25, 0.3) is 0 Å². The largest absolute Gasteiger partial charge is 0.312 e. The summed E-state index contributed by atoms with van der Waals surface area (Å²) in [5.41, 5.74) is 1.65. The molecule has 0 aliphatic rings. The number of hydrogen-bond acceptors (Lipinski definition) is 3. The fourth-order valence-corrected chi connectivity index (χ4v) is 2.60. The molecule has 0 fully saturated rings. The summed E-state index contributed by atoms with van der Waals surface area (Å²) in [5, 5.41) is 4.07. The highest BCUT2D eigenvalue weighted by atomic mass is 32.1. The zero-order valence-electron chi connectivity index (χ0n) is 10.7. The second-order valence-electron chi connectivity index (χ2n) is 4.29. The molecule has 96 valence electrons. The lowest BCUT2D eigenvalue weighted by molar-refractivity contribution is 0.631. The molecule has 0 aliphatic heterocycles. The number of aryl methyl sites for hydroxylation is 1. The van der Waals surface area contributed by atoms with Crippen LogP contribution in [-0.4, -0.2) is 11.5 Å². The Morgan fingerprint density at radius 1 is 1.39 bits per heavy atom. The second-order valence-corrected chi connectivity index (χ2v) is 5.41. The highest BCUT2D eigenvalue weighted by Gasteiger charge is 2.09. The van der Waals surface area contributed by atoms with Crippen molar-refractivity contribution in [2.24, 2.45) is 0 Å². The van der Waals surface area contributed by atoms with E-state index < -0.39 is 0 Å². The predicted molar refractivity (Wildman–Crippen MR) is 74.2 cm³/mol. The molecule has 4 heteroatoms. The minimum absolute atomic E-state index is 0.206. The molecule has 0 atom stereocenters. The van der Waals surface area contributed by atoms with Gasteiger partial charge >= 0.3 is 0 Å². The van der Waals surface area contributed by atoms with E-state index >= 15 is 0 Å². The molecule has 1 heterocycles. The zero-order valence-corrected chi connectivity index (χ0v) is 11.5. The Kier molecular flexibility index (Phi) is 4.44. The molecule has 2 aromatic rings. The first kappa shape index (κ1) is 13.2. The van der Waals surface area contributed by atoms with E-state index in [0.717, 1.165) is 35.0 Å². The Morgan fingerprint density at radius 2 is 2.22 bits per heavy atom. The molecule has 0 saturated heterocycles. The van der Waals surface area contributed by atoms with Crippen molar-refractivity contribution in [3.05, 3.63) is 40.7 Å². The third kappa shape index (κ3) is 3.15. The summed E-state index contributed by atoms with van der Waals surface area (Å²) in [6.45, 7) is 5.89. The maximum atomic E-state index is 13.7. The highest BCUT2D eigenvalue weighted by molar-refractivity contribution is 7.15. The molecule has 0 aliphatic carbocycles. The topological polar surface area (TPSA) is 24.9 Å². The molecule has 0 saturated carbocycles. The number of nitrogens with zero attached hydrogens (tertiary/aromatic N) is 1. The third-order valence-electron chi connectivity index (χ3n) is 2.63. The first-order chi connectivity index (χ1) is 8.70. The molecule has 0 unspecified atom stereocenters. The highest BCUT2D eigenvalue weighted by Crippen LogP contribution is 2.28. The average Bonchev–Trinajstić information content (AvgIpc) is 2.81. The Morgan fingerprint density at radius 3 is 3.00 bits per heavy atom. The number of aromatic nitrogens is 1. The molecule has 1 aromatic heterocycles. The summed E-state index contributed by atoms with van der Waals surface area (Å²) in [6, 6.07) is 5.12. The van der Waals surface area contributed by atoms with Crippen molar-refractivity contribution < 1.29 is 4.39 Å². The third-order valence-corrected chi connectivity index (χ3v) is 3.66. The van der Waals surface area contributed by atoms with Gasteiger partial charge in [0.05, 0.1) is 0 Å². The van der Waals surface area contributed by atoms with Crippen LogP contribution in [0.3, 0.4) is 0 Å². The number of thiazole rings is 1. The van der Waals surface area contributed by atoms with Gasteiger partial charge < -0.3 is 5.32 Å². The maximum Gasteiger partial charge on any atom is 0.133 e. The van der Waals surface area contributed by atoms with E-state index in [1.165, 1.54) is 6.07 Å². The van der Waals surface area contributed by atoms with E-state index in [2.05, 4.69) is 17.2 Å². The minimum Gasteiger partial charge on any atom is -0.312 e. The van der Waals surface area contributed by atoms with Crippen LogP contribution in [0.2, 0.25) is 0 Å². The Labute approximate surface area is 111 Å². The zero-order chi connectivity index (χ0) is 13.0. The fourth-order valence-electron chi connectivity index (χ4n) is 1.71. The lowest BCUT2D eigenvalue weighted by atomic mass is 10.1. The van der Waals surface area contributed by atoms with Gasteiger partial charge in [0.1, 0.15) is 10.8 Å².